The number of phenolic OH excluding ortho intramolecular Hbond substituents is 3. The van der Waals surface area contributed by atoms with Crippen LogP contribution >= 0.6 is 0 Å². The zero-order valence-electron chi connectivity index (χ0n) is 17.1. The molecule has 1 aliphatic heterocycles. The summed E-state index contributed by atoms with van der Waals surface area (Å²) in [5.74, 6) is 1.50. The first kappa shape index (κ1) is 18.7. The maximum absolute atomic E-state index is 10.8. The zero-order chi connectivity index (χ0) is 20.2. The lowest BCUT2D eigenvalue weighted by atomic mass is 9.51. The molecule has 1 heterocycles. The van der Waals surface area contributed by atoms with E-state index in [2.05, 4.69) is 6.07 Å². The van der Waals surface area contributed by atoms with Crippen LogP contribution in [0.5, 0.6) is 23.0 Å². The van der Waals surface area contributed by atoms with Crippen LogP contribution < -0.4 is 4.74 Å². The highest BCUT2D eigenvalue weighted by Crippen LogP contribution is 2.64. The summed E-state index contributed by atoms with van der Waals surface area (Å²) in [6.45, 7) is 1.93. The van der Waals surface area contributed by atoms with Gasteiger partial charge >= 0.3 is 0 Å². The molecule has 0 bridgehead atoms. The maximum atomic E-state index is 10.8. The highest BCUT2D eigenvalue weighted by molar-refractivity contribution is 5.56. The number of rotatable bonds is 1. The van der Waals surface area contributed by atoms with Crippen LogP contribution in [0, 0.1) is 12.8 Å². The summed E-state index contributed by atoms with van der Waals surface area (Å²) in [4.78, 5) is 0. The summed E-state index contributed by atoms with van der Waals surface area (Å²) in [5.41, 5.74) is 2.19. The van der Waals surface area contributed by atoms with Crippen LogP contribution in [-0.4, -0.2) is 15.3 Å². The van der Waals surface area contributed by atoms with Crippen LogP contribution in [0.2, 0.25) is 0 Å². The Kier molecular flexibility index (Phi) is 4.23. The summed E-state index contributed by atoms with van der Waals surface area (Å²) in [7, 11) is 0. The highest BCUT2D eigenvalue weighted by Gasteiger charge is 2.60. The van der Waals surface area contributed by atoms with Crippen molar-refractivity contribution in [2.24, 2.45) is 5.92 Å². The minimum Gasteiger partial charge on any atom is -0.508 e. The standard InChI is InChI=1S/C25H30O4/c1-16-20(27)11-10-19-23(16)29-25(18-9-8-17(26)15-21(18)28)14-6-3-7-22(25)24(19)12-4-2-5-13-24/h8-11,15,22,26-28H,2-7,12-14H2,1H3. The smallest absolute Gasteiger partial charge is 0.141 e. The van der Waals surface area contributed by atoms with Crippen molar-refractivity contribution >= 4 is 0 Å². The third-order valence-electron chi connectivity index (χ3n) is 7.90. The number of phenols is 3. The van der Waals surface area contributed by atoms with Crippen molar-refractivity contribution < 1.29 is 20.1 Å². The molecule has 2 aromatic carbocycles. The van der Waals surface area contributed by atoms with Gasteiger partial charge < -0.3 is 20.1 Å². The Morgan fingerprint density at radius 2 is 1.55 bits per heavy atom. The number of benzene rings is 2. The van der Waals surface area contributed by atoms with Crippen LogP contribution in [0.1, 0.15) is 74.5 Å². The Bertz CT molecular complexity index is 944. The largest absolute Gasteiger partial charge is 0.508 e. The van der Waals surface area contributed by atoms with E-state index in [9.17, 15) is 15.3 Å². The van der Waals surface area contributed by atoms with Gasteiger partial charge in [0, 0.05) is 34.1 Å². The van der Waals surface area contributed by atoms with E-state index >= 15 is 0 Å². The lowest BCUT2D eigenvalue weighted by Crippen LogP contribution is -2.57. The lowest BCUT2D eigenvalue weighted by molar-refractivity contribution is -0.0965. The van der Waals surface area contributed by atoms with Crippen molar-refractivity contribution in [3.8, 4) is 23.0 Å². The Morgan fingerprint density at radius 3 is 2.31 bits per heavy atom. The molecule has 0 saturated heterocycles. The van der Waals surface area contributed by atoms with Gasteiger partial charge in [-0.1, -0.05) is 31.7 Å². The molecule has 2 saturated carbocycles. The van der Waals surface area contributed by atoms with E-state index in [0.29, 0.717) is 0 Å². The second kappa shape index (κ2) is 6.58. The van der Waals surface area contributed by atoms with E-state index in [0.717, 1.165) is 49.0 Å². The average Bonchev–Trinajstić information content (AvgIpc) is 2.72. The number of ether oxygens (including phenoxy) is 1. The molecule has 1 spiro atoms. The number of aromatic hydroxyl groups is 3. The van der Waals surface area contributed by atoms with Gasteiger partial charge in [0.2, 0.25) is 0 Å². The molecule has 2 aromatic rings. The first-order valence-corrected chi connectivity index (χ1v) is 11.0. The fourth-order valence-electron chi connectivity index (χ4n) is 6.62. The number of fused-ring (bicyclic) bond motifs is 4. The quantitative estimate of drug-likeness (QED) is 0.572. The monoisotopic (exact) mass is 394 g/mol. The van der Waals surface area contributed by atoms with Gasteiger partial charge in [-0.05, 0) is 57.2 Å². The van der Waals surface area contributed by atoms with Crippen LogP contribution in [0.3, 0.4) is 0 Å². The fraction of sp³-hybridized carbons (Fsp3) is 0.520. The molecular weight excluding hydrogens is 364 g/mol. The summed E-state index contributed by atoms with van der Waals surface area (Å²) < 4.78 is 6.87. The van der Waals surface area contributed by atoms with Gasteiger partial charge in [0.25, 0.3) is 0 Å². The van der Waals surface area contributed by atoms with Gasteiger partial charge in [0.15, 0.2) is 0 Å². The van der Waals surface area contributed by atoms with Gasteiger partial charge in [0.05, 0.1) is 0 Å². The highest BCUT2D eigenvalue weighted by atomic mass is 16.5. The van der Waals surface area contributed by atoms with Crippen LogP contribution in [-0.2, 0) is 11.0 Å². The van der Waals surface area contributed by atoms with Crippen molar-refractivity contribution in [2.75, 3.05) is 0 Å². The van der Waals surface area contributed by atoms with Crippen LogP contribution in [0.4, 0.5) is 0 Å². The molecule has 2 aliphatic carbocycles. The van der Waals surface area contributed by atoms with E-state index in [4.69, 9.17) is 4.74 Å². The maximum Gasteiger partial charge on any atom is 0.141 e. The summed E-state index contributed by atoms with van der Waals surface area (Å²) in [5, 5.41) is 31.2. The topological polar surface area (TPSA) is 69.9 Å². The van der Waals surface area contributed by atoms with Crippen LogP contribution in [0.15, 0.2) is 30.3 Å². The Hall–Kier alpha value is -2.36. The van der Waals surface area contributed by atoms with E-state index in [1.165, 1.54) is 37.3 Å². The van der Waals surface area contributed by atoms with E-state index in [-0.39, 0.29) is 28.6 Å². The molecule has 0 amide bonds. The molecule has 4 nitrogen and oxygen atoms in total. The molecule has 4 heteroatoms. The average molecular weight is 395 g/mol. The molecule has 154 valence electrons. The lowest BCUT2D eigenvalue weighted by Gasteiger charge is -2.59. The second-order valence-corrected chi connectivity index (χ2v) is 9.29. The predicted molar refractivity (Wildman–Crippen MR) is 112 cm³/mol. The van der Waals surface area contributed by atoms with Gasteiger partial charge in [-0.15, -0.1) is 0 Å². The van der Waals surface area contributed by atoms with Gasteiger partial charge in [0.1, 0.15) is 28.6 Å². The molecular formula is C25H30O4. The van der Waals surface area contributed by atoms with Crippen molar-refractivity contribution in [1.29, 1.82) is 0 Å². The second-order valence-electron chi connectivity index (χ2n) is 9.29. The normalized spacial score (nSPS) is 27.7. The Balaban J connectivity index is 1.79. The minimum atomic E-state index is -0.626. The van der Waals surface area contributed by atoms with Gasteiger partial charge in [-0.2, -0.15) is 0 Å². The molecule has 0 aromatic heterocycles. The molecule has 5 rings (SSSR count). The number of hydrogen-bond donors (Lipinski definition) is 3. The van der Waals surface area contributed by atoms with E-state index in [1.54, 1.807) is 6.07 Å². The molecule has 29 heavy (non-hydrogen) atoms. The third kappa shape index (κ3) is 2.57. The van der Waals surface area contributed by atoms with Crippen molar-refractivity contribution in [1.82, 2.24) is 0 Å². The number of hydrogen-bond acceptors (Lipinski definition) is 4. The van der Waals surface area contributed by atoms with Gasteiger partial charge in [-0.3, -0.25) is 0 Å². The third-order valence-corrected chi connectivity index (χ3v) is 7.90. The summed E-state index contributed by atoms with van der Waals surface area (Å²) in [6.07, 6.45) is 10.0. The SMILES string of the molecule is Cc1c(O)ccc2c1OC1(c3ccc(O)cc3O)CCCCC1C21CCCCC1. The first-order valence-electron chi connectivity index (χ1n) is 11.0. The Morgan fingerprint density at radius 1 is 0.828 bits per heavy atom. The van der Waals surface area contributed by atoms with E-state index in [1.807, 2.05) is 19.1 Å². The van der Waals surface area contributed by atoms with E-state index < -0.39 is 5.60 Å². The van der Waals surface area contributed by atoms with Crippen molar-refractivity contribution in [2.45, 2.75) is 75.7 Å². The molecule has 2 atom stereocenters. The molecule has 2 fully saturated rings. The molecule has 3 N–H and O–H groups in total. The van der Waals surface area contributed by atoms with Crippen molar-refractivity contribution in [3.05, 3.63) is 47.0 Å². The fourth-order valence-corrected chi connectivity index (χ4v) is 6.62. The predicted octanol–water partition coefficient (Wildman–Crippen LogP) is 5.79. The van der Waals surface area contributed by atoms with Gasteiger partial charge in [-0.25, -0.2) is 0 Å². The van der Waals surface area contributed by atoms with Crippen LogP contribution in [0.25, 0.3) is 0 Å². The molecule has 3 aliphatic rings. The molecule has 0 radical (unpaired) electrons. The summed E-state index contributed by atoms with van der Waals surface area (Å²) in [6, 6.07) is 8.82. The Labute approximate surface area is 172 Å². The van der Waals surface area contributed by atoms with Crippen molar-refractivity contribution in [3.63, 3.8) is 0 Å². The minimum absolute atomic E-state index is 0.00897. The molecule has 2 unspecified atom stereocenters. The first-order chi connectivity index (χ1) is 14.0. The zero-order valence-corrected chi connectivity index (χ0v) is 17.1. The summed E-state index contributed by atoms with van der Waals surface area (Å²) >= 11 is 0.